The Labute approximate surface area is 262 Å². The van der Waals surface area contributed by atoms with Crippen molar-refractivity contribution in [1.29, 1.82) is 0 Å². The molecule has 4 aliphatic heterocycles. The van der Waals surface area contributed by atoms with Crippen molar-refractivity contribution < 1.29 is 23.4 Å². The summed E-state index contributed by atoms with van der Waals surface area (Å²) < 4.78 is 35.8. The van der Waals surface area contributed by atoms with Gasteiger partial charge in [0.05, 0.1) is 23.7 Å². The van der Waals surface area contributed by atoms with E-state index in [0.717, 1.165) is 78.7 Å². The third-order valence-corrected chi connectivity index (χ3v) is 10.5. The smallest absolute Gasteiger partial charge is 0.318 e. The summed E-state index contributed by atoms with van der Waals surface area (Å²) in [5.41, 5.74) is 8.62. The van der Waals surface area contributed by atoms with Gasteiger partial charge in [0, 0.05) is 55.3 Å². The zero-order valence-corrected chi connectivity index (χ0v) is 25.9. The third kappa shape index (κ3) is 5.53. The van der Waals surface area contributed by atoms with Crippen molar-refractivity contribution in [2.24, 2.45) is 11.7 Å². The number of hydrogen-bond acceptors (Lipinski definition) is 8. The first-order valence-corrected chi connectivity index (χ1v) is 16.4. The number of nitrogens with two attached hydrogens (primary N) is 1. The molecule has 0 aliphatic carbocycles. The van der Waals surface area contributed by atoms with E-state index in [1.165, 1.54) is 6.07 Å². The van der Waals surface area contributed by atoms with Crippen molar-refractivity contribution in [3.8, 4) is 11.8 Å². The lowest BCUT2D eigenvalue weighted by Gasteiger charge is -2.35. The molecule has 3 saturated heterocycles. The van der Waals surface area contributed by atoms with Crippen LogP contribution in [-0.4, -0.2) is 76.9 Å². The fourth-order valence-electron chi connectivity index (χ4n) is 8.21. The summed E-state index contributed by atoms with van der Waals surface area (Å²) in [7, 11) is 0. The van der Waals surface area contributed by atoms with E-state index >= 15 is 0 Å². The lowest BCUT2D eigenvalue weighted by Crippen LogP contribution is -2.43. The van der Waals surface area contributed by atoms with E-state index in [4.69, 9.17) is 20.4 Å². The van der Waals surface area contributed by atoms with E-state index in [1.807, 2.05) is 6.92 Å². The lowest BCUT2D eigenvalue weighted by atomic mass is 9.95. The minimum atomic E-state index is -0.861. The number of benzene rings is 2. The number of fused-ring (bicyclic) bond motifs is 3. The lowest BCUT2D eigenvalue weighted by molar-refractivity contribution is -0.121. The normalized spacial score (nSPS) is 25.3. The van der Waals surface area contributed by atoms with Crippen LogP contribution in [0.25, 0.3) is 10.8 Å². The number of rotatable bonds is 7. The van der Waals surface area contributed by atoms with Crippen LogP contribution in [0.5, 0.6) is 11.8 Å². The van der Waals surface area contributed by atoms with Crippen LogP contribution >= 0.6 is 0 Å². The minimum absolute atomic E-state index is 0.120. The number of carbonyl (C=O) groups excluding carboxylic acids is 1. The summed E-state index contributed by atoms with van der Waals surface area (Å²) in [5, 5.41) is 12.2. The second-order valence-electron chi connectivity index (χ2n) is 13.3. The Hall–Kier alpha value is -3.73. The first-order chi connectivity index (χ1) is 21.7. The zero-order valence-electron chi connectivity index (χ0n) is 25.9. The number of halogens is 2. The molecule has 1 amide bonds. The highest BCUT2D eigenvalue weighted by molar-refractivity contribution is 5.98. The summed E-state index contributed by atoms with van der Waals surface area (Å²) in [6.45, 7) is 5.82. The number of phenols is 1. The summed E-state index contributed by atoms with van der Waals surface area (Å²) in [6, 6.07) is 6.80. The van der Waals surface area contributed by atoms with E-state index in [1.54, 1.807) is 18.2 Å². The molecule has 4 aliphatic rings. The second-order valence-corrected chi connectivity index (χ2v) is 13.3. The number of aromatic hydroxyl groups is 1. The van der Waals surface area contributed by atoms with Crippen molar-refractivity contribution in [3.63, 3.8) is 0 Å². The van der Waals surface area contributed by atoms with Crippen LogP contribution in [0.4, 0.5) is 20.3 Å². The summed E-state index contributed by atoms with van der Waals surface area (Å²) >= 11 is 0. The van der Waals surface area contributed by atoms with Gasteiger partial charge < -0.3 is 25.4 Å². The quantitative estimate of drug-likeness (QED) is 0.393. The zero-order chi connectivity index (χ0) is 31.3. The molecule has 3 atom stereocenters. The fraction of sp³-hybridized carbons (Fsp3) is 0.559. The molecule has 45 heavy (non-hydrogen) atoms. The molecule has 5 heterocycles. The maximum Gasteiger partial charge on any atom is 0.318 e. The van der Waals surface area contributed by atoms with Crippen LogP contribution in [0, 0.1) is 11.7 Å². The van der Waals surface area contributed by atoms with Crippen LogP contribution in [0.3, 0.4) is 0 Å². The Morgan fingerprint density at radius 1 is 1.13 bits per heavy atom. The molecule has 0 bridgehead atoms. The van der Waals surface area contributed by atoms with Crippen molar-refractivity contribution in [2.75, 3.05) is 49.1 Å². The Morgan fingerprint density at radius 3 is 2.82 bits per heavy atom. The fourth-order valence-corrected chi connectivity index (χ4v) is 8.21. The van der Waals surface area contributed by atoms with Crippen molar-refractivity contribution in [2.45, 2.75) is 76.5 Å². The number of primary amides is 1. The van der Waals surface area contributed by atoms with Gasteiger partial charge in [-0.05, 0) is 68.2 Å². The number of ether oxygens (including phenoxy) is 1. The molecule has 9 nitrogen and oxygen atoms in total. The molecule has 0 radical (unpaired) electrons. The van der Waals surface area contributed by atoms with Crippen molar-refractivity contribution >= 4 is 28.2 Å². The number of aromatic nitrogens is 2. The largest absolute Gasteiger partial charge is 0.508 e. The summed E-state index contributed by atoms with van der Waals surface area (Å²) in [4.78, 5) is 28.7. The van der Waals surface area contributed by atoms with Crippen LogP contribution in [0.1, 0.15) is 62.3 Å². The van der Waals surface area contributed by atoms with Gasteiger partial charge in [-0.3, -0.25) is 9.69 Å². The number of carbonyl (C=O) groups is 1. The Balaban J connectivity index is 1.27. The number of anilines is 2. The maximum absolute atomic E-state index is 15.0. The van der Waals surface area contributed by atoms with E-state index in [0.29, 0.717) is 57.6 Å². The molecule has 1 unspecified atom stereocenters. The number of phenolic OH excluding ortho intramolecular Hbond substituents is 1. The monoisotopic (exact) mass is 620 g/mol. The highest BCUT2D eigenvalue weighted by atomic mass is 19.1. The van der Waals surface area contributed by atoms with Gasteiger partial charge >= 0.3 is 6.01 Å². The van der Waals surface area contributed by atoms with Gasteiger partial charge in [0.25, 0.3) is 0 Å². The second kappa shape index (κ2) is 11.9. The molecule has 2 aromatic carbocycles. The predicted octanol–water partition coefficient (Wildman–Crippen LogP) is 4.65. The van der Waals surface area contributed by atoms with Gasteiger partial charge in [-0.25, -0.2) is 8.78 Å². The van der Waals surface area contributed by atoms with Crippen LogP contribution in [-0.2, 0) is 24.2 Å². The molecule has 3 fully saturated rings. The topological polar surface area (TPSA) is 108 Å². The first kappa shape index (κ1) is 30.0. The van der Waals surface area contributed by atoms with E-state index in [-0.39, 0.29) is 34.9 Å². The van der Waals surface area contributed by atoms with Gasteiger partial charge in [-0.1, -0.05) is 19.4 Å². The minimum Gasteiger partial charge on any atom is -0.508 e. The van der Waals surface area contributed by atoms with Gasteiger partial charge in [0.2, 0.25) is 5.91 Å². The molecule has 0 spiro atoms. The molecular weight excluding hydrogens is 578 g/mol. The number of aryl methyl sites for hydroxylation is 1. The molecule has 1 aromatic heterocycles. The Morgan fingerprint density at radius 2 is 2.00 bits per heavy atom. The third-order valence-electron chi connectivity index (χ3n) is 10.5. The molecule has 0 saturated carbocycles. The predicted molar refractivity (Wildman–Crippen MR) is 169 cm³/mol. The number of hydrogen-bond donors (Lipinski definition) is 2. The number of alkyl halides is 1. The average Bonchev–Trinajstić information content (AvgIpc) is 3.42. The van der Waals surface area contributed by atoms with Gasteiger partial charge in [0.15, 0.2) is 0 Å². The number of amides is 1. The van der Waals surface area contributed by atoms with E-state index in [2.05, 4.69) is 14.7 Å². The SMILES string of the molecule is CCc1c(F)ccc2cc(O)cc(N3CCc4c(nc(OC[C@@]56CCCN5C[C@H](F)C6)nc4N4CCCCC(C(N)=O)C4)C3)c12. The van der Waals surface area contributed by atoms with Crippen LogP contribution in [0.15, 0.2) is 24.3 Å². The molecule has 3 aromatic rings. The summed E-state index contributed by atoms with van der Waals surface area (Å²) in [6.07, 6.45) is 5.21. The van der Waals surface area contributed by atoms with Crippen molar-refractivity contribution in [3.05, 3.63) is 46.9 Å². The molecule has 11 heteroatoms. The van der Waals surface area contributed by atoms with Crippen molar-refractivity contribution in [1.82, 2.24) is 14.9 Å². The van der Waals surface area contributed by atoms with E-state index in [9.17, 15) is 18.7 Å². The highest BCUT2D eigenvalue weighted by Crippen LogP contribution is 2.42. The van der Waals surface area contributed by atoms with Crippen LogP contribution in [0.2, 0.25) is 0 Å². The van der Waals surface area contributed by atoms with Gasteiger partial charge in [-0.2, -0.15) is 9.97 Å². The number of nitrogens with zero attached hydrogens (tertiary/aromatic N) is 5. The first-order valence-electron chi connectivity index (χ1n) is 16.4. The average molecular weight is 621 g/mol. The maximum atomic E-state index is 15.0. The molecule has 240 valence electrons. The van der Waals surface area contributed by atoms with Gasteiger partial charge in [-0.15, -0.1) is 0 Å². The Kier molecular flexibility index (Phi) is 7.91. The summed E-state index contributed by atoms with van der Waals surface area (Å²) in [5.74, 6) is 0.0515. The molecule has 3 N–H and O–H groups in total. The molecule has 7 rings (SSSR count). The Bertz CT molecular complexity index is 1620. The standard InChI is InChI=1S/C34H42F2N6O3/c1-2-25-27(36)8-7-21-14-24(43)15-29(30(21)25)40-13-9-26-28(19-40)38-33(45-20-34-10-5-12-42(34)18-23(35)16-34)39-32(26)41-11-4-3-6-22(17-41)31(37)44/h7-8,14-15,22-23,43H,2-6,9-13,16-20H2,1H3,(H2,37,44)/t22?,23-,34+/m1/s1. The van der Waals surface area contributed by atoms with Gasteiger partial charge in [0.1, 0.15) is 30.2 Å². The highest BCUT2D eigenvalue weighted by Gasteiger charge is 2.49. The molecular formula is C34H42F2N6O3. The van der Waals surface area contributed by atoms with E-state index < -0.39 is 6.17 Å². The van der Waals surface area contributed by atoms with Crippen LogP contribution < -0.4 is 20.3 Å².